The van der Waals surface area contributed by atoms with E-state index < -0.39 is 41.6 Å². The van der Waals surface area contributed by atoms with Crippen molar-refractivity contribution in [2.24, 2.45) is 0 Å². The summed E-state index contributed by atoms with van der Waals surface area (Å²) in [4.78, 5) is 45.3. The predicted octanol–water partition coefficient (Wildman–Crippen LogP) is 2.55. The zero-order valence-electron chi connectivity index (χ0n) is 17.4. The minimum Gasteiger partial charge on any atom is -0.480 e. The van der Waals surface area contributed by atoms with Crippen LogP contribution in [0, 0.1) is 0 Å². The molecule has 0 bridgehead atoms. The molecule has 0 spiro atoms. The van der Waals surface area contributed by atoms with Crippen LogP contribution in [0.3, 0.4) is 0 Å². The van der Waals surface area contributed by atoms with Crippen molar-refractivity contribution in [3.63, 3.8) is 0 Å². The zero-order chi connectivity index (χ0) is 22.0. The molecule has 3 N–H and O–H groups in total. The molecular formula is C18H32N2O8. The summed E-state index contributed by atoms with van der Waals surface area (Å²) >= 11 is 0. The SMILES string of the molecule is CC(C)(C)OC(=O)N[C@@H](CCCC[C@H](NC(=O)OC(C)(C)C)C(=O)O)OC=O. The smallest absolute Gasteiger partial charge is 0.410 e. The van der Waals surface area contributed by atoms with Crippen molar-refractivity contribution in [1.29, 1.82) is 0 Å². The molecule has 0 radical (unpaired) electrons. The number of alkyl carbamates (subject to hydrolysis) is 2. The molecule has 0 saturated heterocycles. The van der Waals surface area contributed by atoms with E-state index in [2.05, 4.69) is 10.6 Å². The van der Waals surface area contributed by atoms with Crippen LogP contribution in [0.4, 0.5) is 9.59 Å². The van der Waals surface area contributed by atoms with E-state index in [-0.39, 0.29) is 19.3 Å². The molecule has 0 rings (SSSR count). The first-order valence-electron chi connectivity index (χ1n) is 9.04. The highest BCUT2D eigenvalue weighted by molar-refractivity contribution is 5.79. The molecule has 162 valence electrons. The first-order valence-corrected chi connectivity index (χ1v) is 9.04. The average molecular weight is 404 g/mol. The Morgan fingerprint density at radius 2 is 1.36 bits per heavy atom. The topological polar surface area (TPSA) is 140 Å². The van der Waals surface area contributed by atoms with Gasteiger partial charge in [-0.1, -0.05) is 6.42 Å². The van der Waals surface area contributed by atoms with Crippen molar-refractivity contribution in [3.05, 3.63) is 0 Å². The Hall–Kier alpha value is -2.52. The van der Waals surface area contributed by atoms with E-state index in [4.69, 9.17) is 14.2 Å². The van der Waals surface area contributed by atoms with Crippen molar-refractivity contribution in [3.8, 4) is 0 Å². The minimum atomic E-state index is -1.18. The van der Waals surface area contributed by atoms with E-state index in [0.717, 1.165) is 0 Å². The van der Waals surface area contributed by atoms with Gasteiger partial charge in [0.25, 0.3) is 6.47 Å². The number of aliphatic carboxylic acids is 1. The number of carbonyl (C=O) groups excluding carboxylic acids is 3. The molecule has 2 atom stereocenters. The summed E-state index contributed by atoms with van der Waals surface area (Å²) in [5, 5.41) is 14.0. The fourth-order valence-electron chi connectivity index (χ4n) is 2.07. The molecule has 0 aliphatic carbocycles. The van der Waals surface area contributed by atoms with Gasteiger partial charge in [0, 0.05) is 6.42 Å². The van der Waals surface area contributed by atoms with Crippen LogP contribution in [0.5, 0.6) is 0 Å². The quantitative estimate of drug-likeness (QED) is 0.218. The second kappa shape index (κ2) is 11.4. The third kappa shape index (κ3) is 13.7. The molecule has 0 aromatic rings. The summed E-state index contributed by atoms with van der Waals surface area (Å²) < 4.78 is 14.9. The lowest BCUT2D eigenvalue weighted by Gasteiger charge is -2.23. The van der Waals surface area contributed by atoms with Crippen molar-refractivity contribution in [1.82, 2.24) is 10.6 Å². The molecule has 0 fully saturated rings. The van der Waals surface area contributed by atoms with E-state index >= 15 is 0 Å². The number of carbonyl (C=O) groups is 4. The molecular weight excluding hydrogens is 372 g/mol. The van der Waals surface area contributed by atoms with Gasteiger partial charge in [0.1, 0.15) is 17.2 Å². The van der Waals surface area contributed by atoms with Crippen LogP contribution in [0.15, 0.2) is 0 Å². The molecule has 28 heavy (non-hydrogen) atoms. The number of carboxylic acid groups (broad SMARTS) is 1. The van der Waals surface area contributed by atoms with Gasteiger partial charge in [-0.2, -0.15) is 0 Å². The standard InChI is InChI=1S/C18H32N2O8/c1-17(2,3)27-15(24)19-12(14(22)23)9-7-8-10-13(26-11-21)20-16(25)28-18(4,5)6/h11-13H,7-10H2,1-6H3,(H,19,24)(H,20,25)(H,22,23)/t12-,13+/m0/s1. The number of hydrogen-bond acceptors (Lipinski definition) is 7. The third-order valence-electron chi connectivity index (χ3n) is 3.10. The number of ether oxygens (including phenoxy) is 3. The minimum absolute atomic E-state index is 0.148. The summed E-state index contributed by atoms with van der Waals surface area (Å²) in [6, 6.07) is -1.11. The van der Waals surface area contributed by atoms with Gasteiger partial charge in [0.05, 0.1) is 0 Å². The van der Waals surface area contributed by atoms with Crippen LogP contribution < -0.4 is 10.6 Å². The molecule has 0 aliphatic heterocycles. The van der Waals surface area contributed by atoms with Crippen LogP contribution in [0.2, 0.25) is 0 Å². The van der Waals surface area contributed by atoms with Gasteiger partial charge in [0.2, 0.25) is 0 Å². The largest absolute Gasteiger partial charge is 0.480 e. The molecule has 10 heteroatoms. The second-order valence-electron chi connectivity index (χ2n) is 8.19. The first kappa shape index (κ1) is 25.5. The molecule has 0 aromatic carbocycles. The lowest BCUT2D eigenvalue weighted by molar-refractivity contribution is -0.139. The average Bonchev–Trinajstić information content (AvgIpc) is 2.46. The number of amides is 2. The predicted molar refractivity (Wildman–Crippen MR) is 99.6 cm³/mol. The molecule has 10 nitrogen and oxygen atoms in total. The van der Waals surface area contributed by atoms with Gasteiger partial charge >= 0.3 is 18.2 Å². The van der Waals surface area contributed by atoms with Gasteiger partial charge < -0.3 is 24.6 Å². The maximum Gasteiger partial charge on any atom is 0.410 e. The Morgan fingerprint density at radius 3 is 1.79 bits per heavy atom. The fourth-order valence-corrected chi connectivity index (χ4v) is 2.07. The van der Waals surface area contributed by atoms with Gasteiger partial charge in [-0.25, -0.2) is 14.4 Å². The maximum absolute atomic E-state index is 11.7. The van der Waals surface area contributed by atoms with E-state index in [1.807, 2.05) is 0 Å². The van der Waals surface area contributed by atoms with Gasteiger partial charge in [-0.05, 0) is 54.4 Å². The van der Waals surface area contributed by atoms with E-state index in [9.17, 15) is 24.3 Å². The number of hydrogen-bond donors (Lipinski definition) is 3. The van der Waals surface area contributed by atoms with Crippen molar-refractivity contribution in [2.45, 2.75) is 90.7 Å². The van der Waals surface area contributed by atoms with Crippen LogP contribution in [-0.4, -0.2) is 53.2 Å². The summed E-state index contributed by atoms with van der Waals surface area (Å²) in [6.07, 6.45) is -1.18. The van der Waals surface area contributed by atoms with E-state index in [1.54, 1.807) is 41.5 Å². The highest BCUT2D eigenvalue weighted by atomic mass is 16.6. The normalized spacial score (nSPS) is 13.6. The molecule has 0 saturated carbocycles. The lowest BCUT2D eigenvalue weighted by Crippen LogP contribution is -2.43. The van der Waals surface area contributed by atoms with Gasteiger partial charge in [0.15, 0.2) is 6.23 Å². The zero-order valence-corrected chi connectivity index (χ0v) is 17.4. The van der Waals surface area contributed by atoms with E-state index in [0.29, 0.717) is 12.8 Å². The summed E-state index contributed by atoms with van der Waals surface area (Å²) in [5.41, 5.74) is -1.43. The molecule has 2 amide bonds. The number of rotatable bonds is 10. The molecule has 0 unspecified atom stereocenters. The summed E-state index contributed by atoms with van der Waals surface area (Å²) in [7, 11) is 0. The molecule has 0 aromatic heterocycles. The Morgan fingerprint density at radius 1 is 0.893 bits per heavy atom. The Kier molecular flexibility index (Phi) is 10.3. The lowest BCUT2D eigenvalue weighted by atomic mass is 10.1. The number of unbranched alkanes of at least 4 members (excludes halogenated alkanes) is 1. The fraction of sp³-hybridized carbons (Fsp3) is 0.778. The third-order valence-corrected chi connectivity index (χ3v) is 3.10. The Balaban J connectivity index is 4.46. The van der Waals surface area contributed by atoms with Crippen molar-refractivity contribution < 1.29 is 38.5 Å². The first-order chi connectivity index (χ1) is 12.7. The van der Waals surface area contributed by atoms with Gasteiger partial charge in [-0.15, -0.1) is 0 Å². The highest BCUT2D eigenvalue weighted by Gasteiger charge is 2.24. The Labute approximate surface area is 165 Å². The van der Waals surface area contributed by atoms with E-state index in [1.165, 1.54) is 0 Å². The Bertz CT molecular complexity index is 537. The second-order valence-corrected chi connectivity index (χ2v) is 8.19. The highest BCUT2D eigenvalue weighted by Crippen LogP contribution is 2.11. The van der Waals surface area contributed by atoms with Crippen LogP contribution in [0.1, 0.15) is 67.2 Å². The number of nitrogens with one attached hydrogen (secondary N) is 2. The van der Waals surface area contributed by atoms with Crippen molar-refractivity contribution >= 4 is 24.6 Å². The summed E-state index contributed by atoms with van der Waals surface area (Å²) in [6.45, 7) is 10.3. The summed E-state index contributed by atoms with van der Waals surface area (Å²) in [5.74, 6) is -1.18. The van der Waals surface area contributed by atoms with Crippen LogP contribution >= 0.6 is 0 Å². The van der Waals surface area contributed by atoms with Gasteiger partial charge in [-0.3, -0.25) is 10.1 Å². The number of carboxylic acids is 1. The van der Waals surface area contributed by atoms with Crippen molar-refractivity contribution in [2.75, 3.05) is 0 Å². The van der Waals surface area contributed by atoms with Crippen LogP contribution in [0.25, 0.3) is 0 Å². The van der Waals surface area contributed by atoms with Crippen LogP contribution in [-0.2, 0) is 23.8 Å². The monoisotopic (exact) mass is 404 g/mol. The maximum atomic E-state index is 11.7. The molecule has 0 heterocycles. The molecule has 0 aliphatic rings.